The Hall–Kier alpha value is -0.863. The van der Waals surface area contributed by atoms with E-state index in [0.717, 1.165) is 19.3 Å². The van der Waals surface area contributed by atoms with Crippen molar-refractivity contribution in [2.24, 2.45) is 5.92 Å². The first-order chi connectivity index (χ1) is 9.45. The lowest BCUT2D eigenvalue weighted by atomic mass is 9.81. The molecule has 1 aliphatic carbocycles. The second-order valence-corrected chi connectivity index (χ2v) is 11.6. The van der Waals surface area contributed by atoms with Gasteiger partial charge in [0, 0.05) is 5.04 Å². The van der Waals surface area contributed by atoms with Gasteiger partial charge < -0.3 is 5.11 Å². The molecule has 0 unspecified atom stereocenters. The fraction of sp³-hybridized carbons (Fsp3) is 0.556. The molecule has 110 valence electrons. The molecule has 1 N–H and O–H groups in total. The predicted octanol–water partition coefficient (Wildman–Crippen LogP) is 4.10. The Morgan fingerprint density at radius 2 is 1.90 bits per heavy atom. The fourth-order valence-electron chi connectivity index (χ4n) is 3.89. The van der Waals surface area contributed by atoms with E-state index in [9.17, 15) is 5.11 Å². The van der Waals surface area contributed by atoms with Crippen LogP contribution in [0.15, 0.2) is 42.5 Å². The third-order valence-electron chi connectivity index (χ3n) is 5.31. The minimum atomic E-state index is -1.79. The van der Waals surface area contributed by atoms with E-state index >= 15 is 0 Å². The van der Waals surface area contributed by atoms with Gasteiger partial charge in [-0.25, -0.2) is 0 Å². The average molecular weight is 289 g/mol. The topological polar surface area (TPSA) is 20.2 Å². The molecule has 0 aliphatic heterocycles. The standard InChI is InChI=1S/C18H28OSi/c1-5-13-18(14-9-10-15(2)17(18)19)20(3,4)16-11-7-6-8-12-16/h6-9,11-12,14-15,17,19H,5,10,13H2,1-4H3/t15-,17+,18+/m0/s1. The first-order valence-electron chi connectivity index (χ1n) is 7.87. The summed E-state index contributed by atoms with van der Waals surface area (Å²) in [5, 5.41) is 12.4. The van der Waals surface area contributed by atoms with E-state index in [2.05, 4.69) is 69.4 Å². The van der Waals surface area contributed by atoms with Crippen LogP contribution in [0.1, 0.15) is 33.1 Å². The fourth-order valence-corrected chi connectivity index (χ4v) is 7.88. The molecule has 20 heavy (non-hydrogen) atoms. The molecule has 0 heterocycles. The molecule has 1 aromatic rings. The number of hydrogen-bond donors (Lipinski definition) is 1. The lowest BCUT2D eigenvalue weighted by Gasteiger charge is -2.51. The number of benzene rings is 1. The van der Waals surface area contributed by atoms with E-state index in [-0.39, 0.29) is 11.1 Å². The van der Waals surface area contributed by atoms with Crippen LogP contribution in [0.25, 0.3) is 0 Å². The van der Waals surface area contributed by atoms with E-state index in [1.165, 1.54) is 5.19 Å². The highest BCUT2D eigenvalue weighted by Crippen LogP contribution is 2.52. The van der Waals surface area contributed by atoms with Gasteiger partial charge in [0.1, 0.15) is 0 Å². The van der Waals surface area contributed by atoms with Crippen molar-refractivity contribution in [3.05, 3.63) is 42.5 Å². The van der Waals surface area contributed by atoms with Crippen molar-refractivity contribution in [1.29, 1.82) is 0 Å². The number of aliphatic hydroxyl groups excluding tert-OH is 1. The second-order valence-electron chi connectivity index (χ2n) is 6.84. The van der Waals surface area contributed by atoms with Crippen LogP contribution in [0.4, 0.5) is 0 Å². The van der Waals surface area contributed by atoms with Crippen LogP contribution in [0.5, 0.6) is 0 Å². The van der Waals surface area contributed by atoms with E-state index < -0.39 is 8.07 Å². The molecule has 0 amide bonds. The predicted molar refractivity (Wildman–Crippen MR) is 90.1 cm³/mol. The SMILES string of the molecule is CCC[C@@]1([Si](C)(C)c2ccccc2)C=CC[C@H](C)[C@H]1O. The largest absolute Gasteiger partial charge is 0.392 e. The number of allylic oxidation sites excluding steroid dienone is 1. The number of hydrogen-bond acceptors (Lipinski definition) is 1. The summed E-state index contributed by atoms with van der Waals surface area (Å²) in [6.07, 6.45) is 7.67. The molecule has 3 atom stereocenters. The van der Waals surface area contributed by atoms with Gasteiger partial charge in [0.25, 0.3) is 0 Å². The molecule has 0 spiro atoms. The van der Waals surface area contributed by atoms with E-state index in [4.69, 9.17) is 0 Å². The van der Waals surface area contributed by atoms with E-state index in [1.807, 2.05) is 0 Å². The molecule has 2 rings (SSSR count). The number of aliphatic hydroxyl groups is 1. The highest BCUT2D eigenvalue weighted by molar-refractivity contribution is 6.92. The van der Waals surface area contributed by atoms with Crippen LogP contribution < -0.4 is 5.19 Å². The summed E-state index contributed by atoms with van der Waals surface area (Å²) in [5.74, 6) is 0.363. The molecule has 0 aromatic heterocycles. The third kappa shape index (κ3) is 2.40. The van der Waals surface area contributed by atoms with Crippen LogP contribution in [0.3, 0.4) is 0 Å². The Balaban J connectivity index is 2.52. The summed E-state index contributed by atoms with van der Waals surface area (Å²) in [6, 6.07) is 10.8. The van der Waals surface area contributed by atoms with Gasteiger partial charge in [-0.2, -0.15) is 0 Å². The summed E-state index contributed by atoms with van der Waals surface area (Å²) >= 11 is 0. The Kier molecular flexibility index (Phi) is 4.55. The molecule has 1 aliphatic rings. The number of rotatable bonds is 4. The quantitative estimate of drug-likeness (QED) is 0.653. The van der Waals surface area contributed by atoms with Crippen LogP contribution in [0.2, 0.25) is 18.1 Å². The van der Waals surface area contributed by atoms with Gasteiger partial charge in [-0.15, -0.1) is 0 Å². The summed E-state index contributed by atoms with van der Waals surface area (Å²) in [6.45, 7) is 9.26. The van der Waals surface area contributed by atoms with E-state index in [1.54, 1.807) is 0 Å². The van der Waals surface area contributed by atoms with Crippen LogP contribution >= 0.6 is 0 Å². The van der Waals surface area contributed by atoms with Crippen LogP contribution in [0, 0.1) is 5.92 Å². The van der Waals surface area contributed by atoms with Crippen molar-refractivity contribution in [3.8, 4) is 0 Å². The minimum absolute atomic E-state index is 0.0270. The molecule has 0 saturated heterocycles. The molecular formula is C18H28OSi. The maximum Gasteiger partial charge on any atom is 0.0936 e. The van der Waals surface area contributed by atoms with Gasteiger partial charge in [-0.3, -0.25) is 0 Å². The van der Waals surface area contributed by atoms with Crippen molar-refractivity contribution < 1.29 is 5.11 Å². The van der Waals surface area contributed by atoms with Crippen LogP contribution in [-0.4, -0.2) is 19.3 Å². The lowest BCUT2D eigenvalue weighted by molar-refractivity contribution is 0.0720. The van der Waals surface area contributed by atoms with Crippen molar-refractivity contribution in [2.45, 2.75) is 57.3 Å². The molecule has 0 saturated carbocycles. The normalized spacial score (nSPS) is 30.4. The Morgan fingerprint density at radius 1 is 1.25 bits per heavy atom. The molecule has 0 fully saturated rings. The zero-order valence-electron chi connectivity index (χ0n) is 13.3. The van der Waals surface area contributed by atoms with Gasteiger partial charge in [0.05, 0.1) is 14.2 Å². The monoisotopic (exact) mass is 288 g/mol. The average Bonchev–Trinajstić information content (AvgIpc) is 2.45. The molecule has 1 nitrogen and oxygen atoms in total. The second kappa shape index (κ2) is 5.86. The first-order valence-corrected chi connectivity index (χ1v) is 10.9. The van der Waals surface area contributed by atoms with Crippen molar-refractivity contribution in [2.75, 3.05) is 0 Å². The molecular weight excluding hydrogens is 260 g/mol. The molecule has 0 bridgehead atoms. The first kappa shape index (κ1) is 15.5. The van der Waals surface area contributed by atoms with Crippen molar-refractivity contribution in [1.82, 2.24) is 0 Å². The maximum atomic E-state index is 11.0. The van der Waals surface area contributed by atoms with Crippen LogP contribution in [-0.2, 0) is 0 Å². The summed E-state index contributed by atoms with van der Waals surface area (Å²) < 4.78 is 0. The highest BCUT2D eigenvalue weighted by atomic mass is 28.3. The lowest BCUT2D eigenvalue weighted by Crippen LogP contribution is -2.58. The minimum Gasteiger partial charge on any atom is -0.392 e. The zero-order valence-corrected chi connectivity index (χ0v) is 14.3. The molecule has 1 aromatic carbocycles. The summed E-state index contributed by atoms with van der Waals surface area (Å²) in [5.41, 5.74) is 0. The third-order valence-corrected chi connectivity index (χ3v) is 10.1. The van der Waals surface area contributed by atoms with Gasteiger partial charge >= 0.3 is 0 Å². The smallest absolute Gasteiger partial charge is 0.0936 e. The van der Waals surface area contributed by atoms with Gasteiger partial charge in [-0.1, -0.05) is 81.0 Å². The Labute approximate surface area is 124 Å². The Bertz CT molecular complexity index is 466. The summed E-state index contributed by atoms with van der Waals surface area (Å²) in [4.78, 5) is 0. The Morgan fingerprint density at radius 3 is 2.50 bits per heavy atom. The van der Waals surface area contributed by atoms with E-state index in [0.29, 0.717) is 5.92 Å². The molecule has 0 radical (unpaired) electrons. The highest BCUT2D eigenvalue weighted by Gasteiger charge is 2.52. The molecule has 2 heteroatoms. The summed E-state index contributed by atoms with van der Waals surface area (Å²) in [7, 11) is -1.79. The van der Waals surface area contributed by atoms with Crippen molar-refractivity contribution >= 4 is 13.3 Å². The van der Waals surface area contributed by atoms with Crippen molar-refractivity contribution in [3.63, 3.8) is 0 Å². The maximum absolute atomic E-state index is 11.0. The van der Waals surface area contributed by atoms with Gasteiger partial charge in [0.2, 0.25) is 0 Å². The van der Waals surface area contributed by atoms with Gasteiger partial charge in [0.15, 0.2) is 0 Å². The van der Waals surface area contributed by atoms with Gasteiger partial charge in [-0.05, 0) is 18.8 Å². The zero-order chi connectivity index (χ0) is 14.8.